The molecule has 1 N–H and O–H groups in total. The first kappa shape index (κ1) is 22.1. The molecule has 0 spiro atoms. The number of anilines is 2. The SMILES string of the molecule is CC1CN(C(=O)OC(C)(C)C)Cc2cc(C(=O)Nc3cncc(N4CCCC4)c3)ccc21. The van der Waals surface area contributed by atoms with Crippen molar-refractivity contribution >= 4 is 23.4 Å². The normalized spacial score (nSPS) is 18.3. The lowest BCUT2D eigenvalue weighted by atomic mass is 9.90. The van der Waals surface area contributed by atoms with Crippen LogP contribution in [0.1, 0.15) is 67.9 Å². The van der Waals surface area contributed by atoms with E-state index in [1.165, 1.54) is 18.4 Å². The molecule has 32 heavy (non-hydrogen) atoms. The lowest BCUT2D eigenvalue weighted by Crippen LogP contribution is -2.41. The van der Waals surface area contributed by atoms with E-state index in [0.717, 1.165) is 24.3 Å². The highest BCUT2D eigenvalue weighted by atomic mass is 16.6. The molecule has 2 aliphatic heterocycles. The molecule has 0 bridgehead atoms. The van der Waals surface area contributed by atoms with Gasteiger partial charge in [0.25, 0.3) is 5.91 Å². The van der Waals surface area contributed by atoms with Gasteiger partial charge in [-0.25, -0.2) is 4.79 Å². The quantitative estimate of drug-likeness (QED) is 0.749. The summed E-state index contributed by atoms with van der Waals surface area (Å²) in [5.41, 5.74) is 3.88. The number of carbonyl (C=O) groups excluding carboxylic acids is 2. The van der Waals surface area contributed by atoms with Crippen molar-refractivity contribution in [2.75, 3.05) is 29.9 Å². The third-order valence-corrected chi connectivity index (χ3v) is 5.90. The molecule has 1 unspecified atom stereocenters. The minimum Gasteiger partial charge on any atom is -0.444 e. The Morgan fingerprint density at radius 1 is 1.12 bits per heavy atom. The highest BCUT2D eigenvalue weighted by molar-refractivity contribution is 6.04. The van der Waals surface area contributed by atoms with Crippen molar-refractivity contribution in [1.82, 2.24) is 9.88 Å². The predicted molar refractivity (Wildman–Crippen MR) is 125 cm³/mol. The molecule has 2 aromatic rings. The van der Waals surface area contributed by atoms with Gasteiger partial charge >= 0.3 is 6.09 Å². The van der Waals surface area contributed by atoms with Crippen molar-refractivity contribution in [1.29, 1.82) is 0 Å². The highest BCUT2D eigenvalue weighted by Gasteiger charge is 2.29. The van der Waals surface area contributed by atoms with Crippen molar-refractivity contribution in [3.05, 3.63) is 53.3 Å². The molecule has 0 saturated carbocycles. The summed E-state index contributed by atoms with van der Waals surface area (Å²) >= 11 is 0. The number of fused-ring (bicyclic) bond motifs is 1. The van der Waals surface area contributed by atoms with Crippen molar-refractivity contribution in [2.24, 2.45) is 0 Å². The Bertz CT molecular complexity index is 1010. The summed E-state index contributed by atoms with van der Waals surface area (Å²) in [4.78, 5) is 33.8. The fraction of sp³-hybridized carbons (Fsp3) is 0.480. The lowest BCUT2D eigenvalue weighted by molar-refractivity contribution is 0.0209. The maximum Gasteiger partial charge on any atom is 0.410 e. The van der Waals surface area contributed by atoms with Crippen molar-refractivity contribution < 1.29 is 14.3 Å². The van der Waals surface area contributed by atoms with E-state index in [9.17, 15) is 9.59 Å². The van der Waals surface area contributed by atoms with Crippen LogP contribution in [0.3, 0.4) is 0 Å². The summed E-state index contributed by atoms with van der Waals surface area (Å²) < 4.78 is 5.55. The van der Waals surface area contributed by atoms with Crippen LogP contribution in [0, 0.1) is 0 Å². The first-order chi connectivity index (χ1) is 15.2. The van der Waals surface area contributed by atoms with Crippen LogP contribution in [0.4, 0.5) is 16.2 Å². The molecule has 1 fully saturated rings. The monoisotopic (exact) mass is 436 g/mol. The molecular formula is C25H32N4O3. The molecule has 1 atom stereocenters. The van der Waals surface area contributed by atoms with E-state index >= 15 is 0 Å². The zero-order valence-corrected chi connectivity index (χ0v) is 19.4. The number of ether oxygens (including phenoxy) is 1. The molecule has 170 valence electrons. The van der Waals surface area contributed by atoms with Gasteiger partial charge in [-0.1, -0.05) is 13.0 Å². The number of amides is 2. The van der Waals surface area contributed by atoms with E-state index in [-0.39, 0.29) is 17.9 Å². The summed E-state index contributed by atoms with van der Waals surface area (Å²) in [7, 11) is 0. The fourth-order valence-corrected chi connectivity index (χ4v) is 4.38. The Labute approximate surface area is 189 Å². The lowest BCUT2D eigenvalue weighted by Gasteiger charge is -2.34. The predicted octanol–water partition coefficient (Wildman–Crippen LogP) is 4.79. The molecule has 2 aliphatic rings. The van der Waals surface area contributed by atoms with Crippen molar-refractivity contribution in [3.63, 3.8) is 0 Å². The number of nitrogens with zero attached hydrogens (tertiary/aromatic N) is 3. The first-order valence-electron chi connectivity index (χ1n) is 11.3. The van der Waals surface area contributed by atoms with Gasteiger partial charge in [0.2, 0.25) is 0 Å². The summed E-state index contributed by atoms with van der Waals surface area (Å²) in [5, 5.41) is 2.97. The van der Waals surface area contributed by atoms with Gasteiger partial charge < -0.3 is 19.9 Å². The van der Waals surface area contributed by atoms with Gasteiger partial charge in [-0.3, -0.25) is 9.78 Å². The molecular weight excluding hydrogens is 404 g/mol. The van der Waals surface area contributed by atoms with E-state index in [1.54, 1.807) is 11.1 Å². The largest absolute Gasteiger partial charge is 0.444 e. The number of pyridine rings is 1. The van der Waals surface area contributed by atoms with Crippen LogP contribution >= 0.6 is 0 Å². The number of aromatic nitrogens is 1. The first-order valence-corrected chi connectivity index (χ1v) is 11.3. The second-order valence-corrected chi connectivity index (χ2v) is 9.76. The second-order valence-electron chi connectivity index (χ2n) is 9.76. The van der Waals surface area contributed by atoms with Crippen LogP contribution in [-0.4, -0.2) is 47.1 Å². The zero-order chi connectivity index (χ0) is 22.9. The summed E-state index contributed by atoms with van der Waals surface area (Å²) in [6.07, 6.45) is 5.55. The van der Waals surface area contributed by atoms with E-state index in [1.807, 2.05) is 51.2 Å². The Morgan fingerprint density at radius 2 is 1.88 bits per heavy atom. The number of hydrogen-bond acceptors (Lipinski definition) is 5. The van der Waals surface area contributed by atoms with E-state index in [0.29, 0.717) is 24.3 Å². The van der Waals surface area contributed by atoms with Crippen LogP contribution in [0.25, 0.3) is 0 Å². The Kier molecular flexibility index (Phi) is 6.09. The van der Waals surface area contributed by atoms with Crippen molar-refractivity contribution in [2.45, 2.75) is 58.6 Å². The molecule has 0 radical (unpaired) electrons. The number of carbonyl (C=O) groups is 2. The third-order valence-electron chi connectivity index (χ3n) is 5.90. The van der Waals surface area contributed by atoms with Crippen LogP contribution in [0.5, 0.6) is 0 Å². The summed E-state index contributed by atoms with van der Waals surface area (Å²) in [6, 6.07) is 7.71. The summed E-state index contributed by atoms with van der Waals surface area (Å²) in [6.45, 7) is 10.8. The second kappa shape index (κ2) is 8.81. The molecule has 1 aromatic heterocycles. The van der Waals surface area contributed by atoms with Crippen LogP contribution in [-0.2, 0) is 11.3 Å². The average molecular weight is 437 g/mol. The number of nitrogens with one attached hydrogen (secondary N) is 1. The molecule has 7 heteroatoms. The highest BCUT2D eigenvalue weighted by Crippen LogP contribution is 2.30. The Morgan fingerprint density at radius 3 is 2.59 bits per heavy atom. The Hall–Kier alpha value is -3.09. The van der Waals surface area contributed by atoms with Gasteiger partial charge in [-0.2, -0.15) is 0 Å². The van der Waals surface area contributed by atoms with Crippen molar-refractivity contribution in [3.8, 4) is 0 Å². The number of hydrogen-bond donors (Lipinski definition) is 1. The van der Waals surface area contributed by atoms with Gasteiger partial charge in [0.05, 0.1) is 23.8 Å². The van der Waals surface area contributed by atoms with E-state index in [2.05, 4.69) is 22.1 Å². The standard InChI is InChI=1S/C25H32N4O3/c1-17-15-29(24(31)32-25(2,3)4)16-19-11-18(7-8-22(17)19)23(30)27-20-12-21(14-26-13-20)28-9-5-6-10-28/h7-8,11-14,17H,5-6,9-10,15-16H2,1-4H3,(H,27,30). The molecule has 1 saturated heterocycles. The molecule has 4 rings (SSSR count). The van der Waals surface area contributed by atoms with Gasteiger partial charge in [0.15, 0.2) is 0 Å². The smallest absolute Gasteiger partial charge is 0.410 e. The number of benzene rings is 1. The molecule has 3 heterocycles. The Balaban J connectivity index is 1.49. The molecule has 0 aliphatic carbocycles. The van der Waals surface area contributed by atoms with Crippen LogP contribution in [0.15, 0.2) is 36.7 Å². The molecule has 2 amide bonds. The van der Waals surface area contributed by atoms with Gasteiger partial charge in [-0.05, 0) is 68.9 Å². The third kappa shape index (κ3) is 5.03. The minimum atomic E-state index is -0.542. The maximum atomic E-state index is 13.0. The molecule has 7 nitrogen and oxygen atoms in total. The van der Waals surface area contributed by atoms with E-state index < -0.39 is 5.60 Å². The zero-order valence-electron chi connectivity index (χ0n) is 19.4. The van der Waals surface area contributed by atoms with Crippen LogP contribution < -0.4 is 10.2 Å². The maximum absolute atomic E-state index is 13.0. The van der Waals surface area contributed by atoms with Gasteiger partial charge in [0, 0.05) is 31.7 Å². The number of rotatable bonds is 3. The van der Waals surface area contributed by atoms with E-state index in [4.69, 9.17) is 4.74 Å². The average Bonchev–Trinajstić information content (AvgIpc) is 3.27. The van der Waals surface area contributed by atoms with Gasteiger partial charge in [0.1, 0.15) is 5.60 Å². The fourth-order valence-electron chi connectivity index (χ4n) is 4.38. The van der Waals surface area contributed by atoms with Gasteiger partial charge in [-0.15, -0.1) is 0 Å². The topological polar surface area (TPSA) is 74.8 Å². The van der Waals surface area contributed by atoms with Crippen LogP contribution in [0.2, 0.25) is 0 Å². The molecule has 1 aromatic carbocycles. The summed E-state index contributed by atoms with van der Waals surface area (Å²) in [5.74, 6) is -0.0139. The minimum absolute atomic E-state index is 0.171.